The van der Waals surface area contributed by atoms with Gasteiger partial charge in [-0.05, 0) is 62.1 Å². The van der Waals surface area contributed by atoms with Gasteiger partial charge in [-0.1, -0.05) is 30.2 Å². The molecule has 4 rings (SSSR count). The van der Waals surface area contributed by atoms with E-state index in [1.54, 1.807) is 24.3 Å². The first kappa shape index (κ1) is 19.5. The molecule has 1 aromatic heterocycles. The van der Waals surface area contributed by atoms with Crippen LogP contribution in [0.25, 0.3) is 10.9 Å². The topological polar surface area (TPSA) is 65.2 Å². The summed E-state index contributed by atoms with van der Waals surface area (Å²) < 4.78 is 0. The number of likely N-dealkylation sites (tertiary alicyclic amines) is 1. The molecular weight excluding hydrogens is 386 g/mol. The maximum absolute atomic E-state index is 13.3. The Bertz CT molecular complexity index is 1060. The van der Waals surface area contributed by atoms with Crippen LogP contribution in [0.4, 0.5) is 5.69 Å². The van der Waals surface area contributed by atoms with E-state index in [1.807, 2.05) is 30.0 Å². The van der Waals surface area contributed by atoms with Crippen LogP contribution in [0.2, 0.25) is 5.02 Å². The predicted octanol–water partition coefficient (Wildman–Crippen LogP) is 5.25. The van der Waals surface area contributed by atoms with Gasteiger partial charge in [0.15, 0.2) is 0 Å². The van der Waals surface area contributed by atoms with Crippen LogP contribution < -0.4 is 5.32 Å². The Hall–Kier alpha value is -2.79. The first-order chi connectivity index (χ1) is 13.9. The molecule has 6 heteroatoms. The van der Waals surface area contributed by atoms with Gasteiger partial charge in [0, 0.05) is 34.6 Å². The van der Waals surface area contributed by atoms with Crippen LogP contribution in [0.15, 0.2) is 42.5 Å². The number of amides is 2. The first-order valence-corrected chi connectivity index (χ1v) is 10.3. The quantitative estimate of drug-likeness (QED) is 0.620. The molecule has 2 N–H and O–H groups in total. The van der Waals surface area contributed by atoms with Gasteiger partial charge in [0.1, 0.15) is 5.69 Å². The fraction of sp³-hybridized carbons (Fsp3) is 0.304. The van der Waals surface area contributed by atoms with Crippen molar-refractivity contribution in [2.45, 2.75) is 26.7 Å². The summed E-state index contributed by atoms with van der Waals surface area (Å²) in [5, 5.41) is 4.37. The Morgan fingerprint density at radius 1 is 1.10 bits per heavy atom. The monoisotopic (exact) mass is 409 g/mol. The average molecular weight is 410 g/mol. The molecule has 2 heterocycles. The summed E-state index contributed by atoms with van der Waals surface area (Å²) in [6.07, 6.45) is 2.00. The van der Waals surface area contributed by atoms with Gasteiger partial charge in [0.2, 0.25) is 0 Å². The molecule has 2 aromatic carbocycles. The van der Waals surface area contributed by atoms with Crippen molar-refractivity contribution >= 4 is 40.0 Å². The molecule has 0 aliphatic carbocycles. The highest BCUT2D eigenvalue weighted by molar-refractivity contribution is 6.30. The van der Waals surface area contributed by atoms with Crippen LogP contribution in [0.5, 0.6) is 0 Å². The number of hydrogen-bond donors (Lipinski definition) is 2. The van der Waals surface area contributed by atoms with Crippen LogP contribution in [0, 0.1) is 12.8 Å². The van der Waals surface area contributed by atoms with Gasteiger partial charge in [-0.15, -0.1) is 0 Å². The molecule has 1 fully saturated rings. The van der Waals surface area contributed by atoms with Crippen LogP contribution in [-0.4, -0.2) is 34.8 Å². The van der Waals surface area contributed by atoms with Crippen molar-refractivity contribution in [1.29, 1.82) is 0 Å². The number of carbonyl (C=O) groups excluding carboxylic acids is 2. The number of anilines is 1. The minimum absolute atomic E-state index is 0.0721. The number of benzene rings is 2. The minimum Gasteiger partial charge on any atom is -0.349 e. The molecule has 3 aromatic rings. The number of hydrogen-bond acceptors (Lipinski definition) is 2. The second kappa shape index (κ2) is 7.91. The van der Waals surface area contributed by atoms with Gasteiger partial charge in [-0.3, -0.25) is 9.59 Å². The molecule has 0 saturated carbocycles. The lowest BCUT2D eigenvalue weighted by atomic mass is 9.99. The van der Waals surface area contributed by atoms with E-state index in [0.717, 1.165) is 42.4 Å². The highest BCUT2D eigenvalue weighted by Crippen LogP contribution is 2.31. The van der Waals surface area contributed by atoms with Crippen molar-refractivity contribution < 1.29 is 9.59 Å². The molecule has 1 aliphatic heterocycles. The minimum atomic E-state index is -0.273. The van der Waals surface area contributed by atoms with Crippen molar-refractivity contribution in [3.05, 3.63) is 64.3 Å². The molecule has 1 aliphatic rings. The highest BCUT2D eigenvalue weighted by Gasteiger charge is 2.27. The number of aromatic amines is 1. The second-order valence-electron chi connectivity index (χ2n) is 7.86. The molecule has 29 heavy (non-hydrogen) atoms. The second-order valence-corrected chi connectivity index (χ2v) is 8.30. The lowest BCUT2D eigenvalue weighted by Gasteiger charge is -2.30. The van der Waals surface area contributed by atoms with Crippen molar-refractivity contribution in [1.82, 2.24) is 9.88 Å². The molecule has 1 saturated heterocycles. The van der Waals surface area contributed by atoms with Crippen molar-refractivity contribution in [3.8, 4) is 0 Å². The van der Waals surface area contributed by atoms with Crippen molar-refractivity contribution in [2.24, 2.45) is 5.92 Å². The lowest BCUT2D eigenvalue weighted by molar-refractivity contribution is 0.0693. The smallest absolute Gasteiger partial charge is 0.272 e. The molecule has 150 valence electrons. The Kier molecular flexibility index (Phi) is 5.33. The summed E-state index contributed by atoms with van der Waals surface area (Å²) in [4.78, 5) is 31.2. The normalized spacial score (nSPS) is 14.9. The molecule has 0 unspecified atom stereocenters. The predicted molar refractivity (Wildman–Crippen MR) is 117 cm³/mol. The Labute approximate surface area is 175 Å². The van der Waals surface area contributed by atoms with E-state index in [4.69, 9.17) is 11.6 Å². The van der Waals surface area contributed by atoms with Gasteiger partial charge in [0.25, 0.3) is 11.8 Å². The maximum Gasteiger partial charge on any atom is 0.272 e. The van der Waals surface area contributed by atoms with E-state index in [1.165, 1.54) is 0 Å². The number of carbonyl (C=O) groups is 2. The van der Waals surface area contributed by atoms with Gasteiger partial charge < -0.3 is 15.2 Å². The Balaban J connectivity index is 1.71. The SMILES string of the molecule is Cc1ccc2[nH]c(C(=O)N3CCC(C)CC3)c(NC(=O)c3ccc(Cl)cc3)c2c1. The van der Waals surface area contributed by atoms with Crippen molar-refractivity contribution in [2.75, 3.05) is 18.4 Å². The number of piperidine rings is 1. The van der Waals surface area contributed by atoms with E-state index in [9.17, 15) is 9.59 Å². The van der Waals surface area contributed by atoms with Gasteiger partial charge in [-0.25, -0.2) is 0 Å². The third-order valence-electron chi connectivity index (χ3n) is 5.58. The number of aromatic nitrogens is 1. The number of nitrogens with zero attached hydrogens (tertiary/aromatic N) is 1. The fourth-order valence-electron chi connectivity index (χ4n) is 3.75. The summed E-state index contributed by atoms with van der Waals surface area (Å²) >= 11 is 5.93. The molecular formula is C23H24ClN3O2. The first-order valence-electron chi connectivity index (χ1n) is 9.91. The van der Waals surface area contributed by atoms with Crippen LogP contribution in [-0.2, 0) is 0 Å². The van der Waals surface area contributed by atoms with Crippen LogP contribution in [0.3, 0.4) is 0 Å². The molecule has 2 amide bonds. The van der Waals surface area contributed by atoms with Gasteiger partial charge >= 0.3 is 0 Å². The number of rotatable bonds is 3. The third kappa shape index (κ3) is 4.01. The maximum atomic E-state index is 13.3. The van der Waals surface area contributed by atoms with E-state index < -0.39 is 0 Å². The van der Waals surface area contributed by atoms with Gasteiger partial charge in [-0.2, -0.15) is 0 Å². The lowest BCUT2D eigenvalue weighted by Crippen LogP contribution is -2.38. The number of aryl methyl sites for hydroxylation is 1. The van der Waals surface area contributed by atoms with E-state index >= 15 is 0 Å². The Morgan fingerprint density at radius 2 is 1.79 bits per heavy atom. The van der Waals surface area contributed by atoms with Crippen molar-refractivity contribution in [3.63, 3.8) is 0 Å². The number of fused-ring (bicyclic) bond motifs is 1. The van der Waals surface area contributed by atoms with Crippen LogP contribution >= 0.6 is 11.6 Å². The summed E-state index contributed by atoms with van der Waals surface area (Å²) in [7, 11) is 0. The zero-order chi connectivity index (χ0) is 20.5. The zero-order valence-corrected chi connectivity index (χ0v) is 17.3. The highest BCUT2D eigenvalue weighted by atomic mass is 35.5. The summed E-state index contributed by atoms with van der Waals surface area (Å²) in [5.41, 5.74) is 3.34. The molecule has 5 nitrogen and oxygen atoms in total. The summed E-state index contributed by atoms with van der Waals surface area (Å²) in [6, 6.07) is 12.6. The molecule has 0 bridgehead atoms. The summed E-state index contributed by atoms with van der Waals surface area (Å²) in [5.74, 6) is 0.288. The Morgan fingerprint density at radius 3 is 2.48 bits per heavy atom. The molecule has 0 spiro atoms. The average Bonchev–Trinajstić information content (AvgIpc) is 3.06. The summed E-state index contributed by atoms with van der Waals surface area (Å²) in [6.45, 7) is 5.67. The van der Waals surface area contributed by atoms with E-state index in [2.05, 4.69) is 17.2 Å². The standard InChI is InChI=1S/C23H24ClN3O2/c1-14-9-11-27(12-10-14)23(29)21-20(18-13-15(2)3-8-19(18)25-21)26-22(28)16-4-6-17(24)7-5-16/h3-8,13-14,25H,9-12H2,1-2H3,(H,26,28). The van der Waals surface area contributed by atoms with Crippen LogP contribution in [0.1, 0.15) is 46.2 Å². The van der Waals surface area contributed by atoms with E-state index in [0.29, 0.717) is 27.9 Å². The molecule has 0 atom stereocenters. The zero-order valence-electron chi connectivity index (χ0n) is 16.6. The number of nitrogens with one attached hydrogen (secondary N) is 2. The largest absolute Gasteiger partial charge is 0.349 e. The van der Waals surface area contributed by atoms with E-state index in [-0.39, 0.29) is 11.8 Å². The number of halogens is 1. The third-order valence-corrected chi connectivity index (χ3v) is 5.84. The molecule has 0 radical (unpaired) electrons. The fourth-order valence-corrected chi connectivity index (χ4v) is 3.88. The number of H-pyrrole nitrogens is 1. The van der Waals surface area contributed by atoms with Gasteiger partial charge in [0.05, 0.1) is 5.69 Å².